The van der Waals surface area contributed by atoms with Crippen molar-refractivity contribution in [2.75, 3.05) is 6.61 Å². The van der Waals surface area contributed by atoms with Gasteiger partial charge in [-0.2, -0.15) is 0 Å². The van der Waals surface area contributed by atoms with Crippen LogP contribution in [0.1, 0.15) is 12.0 Å². The van der Waals surface area contributed by atoms with Crippen molar-refractivity contribution in [1.82, 2.24) is 0 Å². The Morgan fingerprint density at radius 1 is 1.05 bits per heavy atom. The molecule has 0 aliphatic heterocycles. The van der Waals surface area contributed by atoms with Crippen LogP contribution in [-0.2, 0) is 16.1 Å². The van der Waals surface area contributed by atoms with Crippen molar-refractivity contribution in [1.29, 1.82) is 0 Å². The van der Waals surface area contributed by atoms with E-state index in [9.17, 15) is 9.90 Å². The second-order valence-electron chi connectivity index (χ2n) is 4.59. The van der Waals surface area contributed by atoms with Crippen LogP contribution in [0.5, 0.6) is 0 Å². The number of aliphatic hydroxyl groups excluding tert-OH is 1. The molecule has 3 nitrogen and oxygen atoms in total. The van der Waals surface area contributed by atoms with E-state index in [1.54, 1.807) is 0 Å². The van der Waals surface area contributed by atoms with Crippen LogP contribution < -0.4 is 4.46 Å². The summed E-state index contributed by atoms with van der Waals surface area (Å²) in [7, 11) is 0. The molecule has 0 spiro atoms. The van der Waals surface area contributed by atoms with Crippen molar-refractivity contribution in [2.24, 2.45) is 0 Å². The number of carbonyl (C=O) groups is 1. The Labute approximate surface area is 131 Å². The first-order valence-corrected chi connectivity index (χ1v) is 8.64. The Bertz CT molecular complexity index is 542. The fraction of sp³-hybridized carbons (Fsp3) is 0.235. The molecule has 0 aromatic heterocycles. The summed E-state index contributed by atoms with van der Waals surface area (Å²) in [5.41, 5.74) is 0.972. The van der Waals surface area contributed by atoms with Crippen LogP contribution in [0.25, 0.3) is 0 Å². The van der Waals surface area contributed by atoms with Crippen molar-refractivity contribution in [2.45, 2.75) is 17.8 Å². The van der Waals surface area contributed by atoms with Gasteiger partial charge in [0.15, 0.2) is 0 Å². The first kappa shape index (κ1) is 15.8. The van der Waals surface area contributed by atoms with Crippen LogP contribution in [-0.4, -0.2) is 32.6 Å². The Kier molecular flexibility index (Phi) is 6.48. The number of ether oxygens (including phenoxy) is 1. The zero-order valence-electron chi connectivity index (χ0n) is 11.6. The second kappa shape index (κ2) is 8.63. The number of carbonyl (C=O) groups excluding carboxylic acids is 1. The fourth-order valence-electron chi connectivity index (χ4n) is 1.82. The molecule has 0 saturated heterocycles. The quantitative estimate of drug-likeness (QED) is 0.614. The fourth-order valence-corrected chi connectivity index (χ4v) is 3.90. The molecule has 0 aliphatic carbocycles. The van der Waals surface area contributed by atoms with Crippen LogP contribution in [0.15, 0.2) is 60.7 Å². The van der Waals surface area contributed by atoms with Gasteiger partial charge >= 0.3 is 131 Å². The summed E-state index contributed by atoms with van der Waals surface area (Å²) >= 11 is 0.0712. The van der Waals surface area contributed by atoms with E-state index in [0.717, 1.165) is 5.56 Å². The summed E-state index contributed by atoms with van der Waals surface area (Å²) in [6.07, 6.45) is 0.262. The third-order valence-corrected chi connectivity index (χ3v) is 5.39. The van der Waals surface area contributed by atoms with Crippen LogP contribution in [0.4, 0.5) is 0 Å². The van der Waals surface area contributed by atoms with Gasteiger partial charge in [-0.1, -0.05) is 0 Å². The SMILES string of the molecule is O=C(C[C@H](CO)[Se]c1ccccc1)OCc1ccccc1. The molecule has 0 saturated carbocycles. The third kappa shape index (κ3) is 5.72. The molecular weight excluding hydrogens is 331 g/mol. The minimum absolute atomic E-state index is 0.00926. The van der Waals surface area contributed by atoms with E-state index >= 15 is 0 Å². The van der Waals surface area contributed by atoms with E-state index < -0.39 is 0 Å². The van der Waals surface area contributed by atoms with E-state index in [0.29, 0.717) is 0 Å². The van der Waals surface area contributed by atoms with Crippen LogP contribution in [0, 0.1) is 0 Å². The van der Waals surface area contributed by atoms with Crippen molar-refractivity contribution in [3.8, 4) is 0 Å². The molecule has 4 heteroatoms. The molecule has 1 N–H and O–H groups in total. The van der Waals surface area contributed by atoms with Crippen molar-refractivity contribution >= 4 is 25.4 Å². The zero-order chi connectivity index (χ0) is 14.9. The molecule has 0 bridgehead atoms. The Hall–Kier alpha value is -1.61. The maximum absolute atomic E-state index is 11.9. The zero-order valence-corrected chi connectivity index (χ0v) is 13.4. The van der Waals surface area contributed by atoms with Gasteiger partial charge in [-0.3, -0.25) is 0 Å². The topological polar surface area (TPSA) is 46.5 Å². The Balaban J connectivity index is 1.80. The van der Waals surface area contributed by atoms with Gasteiger partial charge in [0.2, 0.25) is 0 Å². The van der Waals surface area contributed by atoms with Crippen molar-refractivity contribution < 1.29 is 14.6 Å². The van der Waals surface area contributed by atoms with Crippen molar-refractivity contribution in [3.05, 3.63) is 66.2 Å². The van der Waals surface area contributed by atoms with E-state index in [1.807, 2.05) is 60.7 Å². The van der Waals surface area contributed by atoms with Crippen LogP contribution in [0.2, 0.25) is 4.82 Å². The first-order valence-electron chi connectivity index (χ1n) is 6.80. The van der Waals surface area contributed by atoms with E-state index in [1.165, 1.54) is 4.46 Å². The average molecular weight is 349 g/mol. The van der Waals surface area contributed by atoms with Gasteiger partial charge in [0.25, 0.3) is 0 Å². The van der Waals surface area contributed by atoms with E-state index in [4.69, 9.17) is 4.74 Å². The van der Waals surface area contributed by atoms with Gasteiger partial charge in [0, 0.05) is 0 Å². The molecule has 2 aromatic carbocycles. The number of rotatable bonds is 7. The van der Waals surface area contributed by atoms with Gasteiger partial charge in [-0.15, -0.1) is 0 Å². The summed E-state index contributed by atoms with van der Waals surface area (Å²) in [4.78, 5) is 11.8. The summed E-state index contributed by atoms with van der Waals surface area (Å²) in [5.74, 6) is -0.254. The molecule has 0 heterocycles. The van der Waals surface area contributed by atoms with Gasteiger partial charge in [0.05, 0.1) is 0 Å². The summed E-state index contributed by atoms with van der Waals surface area (Å²) in [6, 6.07) is 19.6. The Morgan fingerprint density at radius 3 is 2.29 bits per heavy atom. The molecule has 0 fully saturated rings. The van der Waals surface area contributed by atoms with Gasteiger partial charge in [-0.25, -0.2) is 0 Å². The van der Waals surface area contributed by atoms with Gasteiger partial charge in [-0.05, 0) is 0 Å². The minimum atomic E-state index is -0.254. The monoisotopic (exact) mass is 350 g/mol. The number of hydrogen-bond acceptors (Lipinski definition) is 3. The van der Waals surface area contributed by atoms with Gasteiger partial charge < -0.3 is 0 Å². The number of esters is 1. The van der Waals surface area contributed by atoms with E-state index in [2.05, 4.69) is 0 Å². The number of benzene rings is 2. The molecule has 2 rings (SSSR count). The molecule has 110 valence electrons. The average Bonchev–Trinajstić information content (AvgIpc) is 2.54. The first-order chi connectivity index (χ1) is 10.3. The molecule has 21 heavy (non-hydrogen) atoms. The third-order valence-electron chi connectivity index (χ3n) is 2.89. The molecule has 0 radical (unpaired) electrons. The normalized spacial score (nSPS) is 11.9. The van der Waals surface area contributed by atoms with Crippen LogP contribution in [0.3, 0.4) is 0 Å². The van der Waals surface area contributed by atoms with Gasteiger partial charge in [0.1, 0.15) is 0 Å². The van der Waals surface area contributed by atoms with Crippen molar-refractivity contribution in [3.63, 3.8) is 0 Å². The molecule has 1 atom stereocenters. The number of hydrogen-bond donors (Lipinski definition) is 1. The second-order valence-corrected chi connectivity index (χ2v) is 7.47. The predicted octanol–water partition coefficient (Wildman–Crippen LogP) is 1.93. The number of aliphatic hydroxyl groups is 1. The molecule has 0 aliphatic rings. The summed E-state index contributed by atoms with van der Waals surface area (Å²) < 4.78 is 6.44. The molecule has 2 aromatic rings. The predicted molar refractivity (Wildman–Crippen MR) is 83.5 cm³/mol. The maximum atomic E-state index is 11.9. The van der Waals surface area contributed by atoms with E-state index in [-0.39, 0.29) is 45.4 Å². The molecule has 0 amide bonds. The standard InChI is InChI=1S/C17H18O3Se/c18-12-16(21-15-9-5-2-6-10-15)11-17(19)20-13-14-7-3-1-4-8-14/h1-10,16,18H,11-13H2/t16-/m1/s1. The van der Waals surface area contributed by atoms with Crippen LogP contribution >= 0.6 is 0 Å². The Morgan fingerprint density at radius 2 is 1.67 bits per heavy atom. The molecule has 0 unspecified atom stereocenters. The summed E-state index contributed by atoms with van der Waals surface area (Å²) in [6.45, 7) is 0.297. The molecular formula is C17H18O3Se. The summed E-state index contributed by atoms with van der Waals surface area (Å²) in [5, 5.41) is 9.43.